The van der Waals surface area contributed by atoms with E-state index in [9.17, 15) is 13.6 Å². The molecule has 0 spiro atoms. The highest BCUT2D eigenvalue weighted by Crippen LogP contribution is 2.36. The Balaban J connectivity index is 1.75. The first-order valence-electron chi connectivity index (χ1n) is 7.23. The summed E-state index contributed by atoms with van der Waals surface area (Å²) in [6, 6.07) is 8.48. The molecule has 0 bridgehead atoms. The van der Waals surface area contributed by atoms with Gasteiger partial charge < -0.3 is 10.2 Å². The summed E-state index contributed by atoms with van der Waals surface area (Å²) in [5.74, 6) is -1.94. The summed E-state index contributed by atoms with van der Waals surface area (Å²) in [6.45, 7) is 0. The van der Waals surface area contributed by atoms with E-state index in [0.29, 0.717) is 5.02 Å². The van der Waals surface area contributed by atoms with E-state index in [4.69, 9.17) is 11.6 Å². The first-order chi connectivity index (χ1) is 11.0. The maximum Gasteiger partial charge on any atom is 0.322 e. The quantitative estimate of drug-likeness (QED) is 0.841. The number of carbonyl (C=O) groups is 1. The van der Waals surface area contributed by atoms with Gasteiger partial charge in [0.15, 0.2) is 11.6 Å². The van der Waals surface area contributed by atoms with Crippen molar-refractivity contribution in [2.75, 3.05) is 12.4 Å². The maximum atomic E-state index is 13.2. The molecule has 1 aliphatic carbocycles. The lowest BCUT2D eigenvalue weighted by Gasteiger charge is -2.25. The monoisotopic (exact) mass is 336 g/mol. The third-order valence-electron chi connectivity index (χ3n) is 4.11. The molecule has 1 atom stereocenters. The molecule has 1 N–H and O–H groups in total. The lowest BCUT2D eigenvalue weighted by molar-refractivity contribution is 0.204. The van der Waals surface area contributed by atoms with E-state index in [1.807, 2.05) is 12.1 Å². The largest absolute Gasteiger partial charge is 0.322 e. The highest BCUT2D eigenvalue weighted by molar-refractivity contribution is 6.30. The van der Waals surface area contributed by atoms with Crippen molar-refractivity contribution in [3.8, 4) is 0 Å². The van der Waals surface area contributed by atoms with E-state index in [0.717, 1.165) is 36.1 Å². The van der Waals surface area contributed by atoms with E-state index < -0.39 is 11.6 Å². The molecule has 0 heterocycles. The molecule has 0 saturated carbocycles. The van der Waals surface area contributed by atoms with Crippen molar-refractivity contribution in [2.45, 2.75) is 18.9 Å². The minimum absolute atomic E-state index is 0.0624. The number of nitrogens with one attached hydrogen (secondary N) is 1. The van der Waals surface area contributed by atoms with Crippen LogP contribution in [0, 0.1) is 11.6 Å². The Labute approximate surface area is 137 Å². The minimum atomic E-state index is -0.994. The smallest absolute Gasteiger partial charge is 0.321 e. The Bertz CT molecular complexity index is 766. The maximum absolute atomic E-state index is 13.2. The molecule has 0 saturated heterocycles. The molecule has 120 valence electrons. The molecule has 3 rings (SSSR count). The van der Waals surface area contributed by atoms with Gasteiger partial charge >= 0.3 is 6.03 Å². The average molecular weight is 337 g/mol. The van der Waals surface area contributed by atoms with Crippen molar-refractivity contribution in [3.63, 3.8) is 0 Å². The van der Waals surface area contributed by atoms with E-state index >= 15 is 0 Å². The predicted molar refractivity (Wildman–Crippen MR) is 85.7 cm³/mol. The number of carbonyl (C=O) groups excluding carboxylic acids is 1. The summed E-state index contributed by atoms with van der Waals surface area (Å²) >= 11 is 5.99. The fourth-order valence-corrected chi connectivity index (χ4v) is 3.09. The molecule has 2 amide bonds. The molecule has 1 unspecified atom stereocenters. The summed E-state index contributed by atoms with van der Waals surface area (Å²) < 4.78 is 26.1. The lowest BCUT2D eigenvalue weighted by atomic mass is 10.1. The van der Waals surface area contributed by atoms with E-state index in [-0.39, 0.29) is 17.8 Å². The van der Waals surface area contributed by atoms with Gasteiger partial charge in [-0.05, 0) is 48.2 Å². The number of halogens is 3. The molecule has 1 aliphatic rings. The average Bonchev–Trinajstić information content (AvgIpc) is 2.93. The lowest BCUT2D eigenvalue weighted by Crippen LogP contribution is -2.34. The fourth-order valence-electron chi connectivity index (χ4n) is 2.89. The van der Waals surface area contributed by atoms with E-state index in [1.165, 1.54) is 6.07 Å². The predicted octanol–water partition coefficient (Wildman–Crippen LogP) is 4.77. The number of urea groups is 1. The second-order valence-electron chi connectivity index (χ2n) is 5.57. The van der Waals surface area contributed by atoms with Crippen LogP contribution in [0.25, 0.3) is 0 Å². The van der Waals surface area contributed by atoms with Crippen LogP contribution in [0.1, 0.15) is 23.6 Å². The number of aryl methyl sites for hydroxylation is 1. The number of anilines is 1. The topological polar surface area (TPSA) is 32.3 Å². The summed E-state index contributed by atoms with van der Waals surface area (Å²) in [5, 5.41) is 3.26. The normalized spacial score (nSPS) is 16.1. The van der Waals surface area contributed by atoms with Crippen LogP contribution in [-0.4, -0.2) is 18.0 Å². The summed E-state index contributed by atoms with van der Waals surface area (Å²) in [6.07, 6.45) is 1.65. The van der Waals surface area contributed by atoms with Crippen LogP contribution in [-0.2, 0) is 6.42 Å². The van der Waals surface area contributed by atoms with Crippen LogP contribution in [0.15, 0.2) is 36.4 Å². The third-order valence-corrected chi connectivity index (χ3v) is 4.34. The SMILES string of the molecule is CN(C(=O)Nc1ccc(F)c(F)c1)C1CCc2cc(Cl)ccc21. The van der Waals surface area contributed by atoms with Crippen LogP contribution < -0.4 is 5.32 Å². The number of amides is 2. The highest BCUT2D eigenvalue weighted by Gasteiger charge is 2.28. The summed E-state index contributed by atoms with van der Waals surface area (Å²) in [4.78, 5) is 13.9. The number of hydrogen-bond donors (Lipinski definition) is 1. The molecular formula is C17H15ClF2N2O. The molecule has 0 aliphatic heterocycles. The molecule has 0 radical (unpaired) electrons. The van der Waals surface area contributed by atoms with Gasteiger partial charge in [0.1, 0.15) is 0 Å². The minimum Gasteiger partial charge on any atom is -0.321 e. The molecule has 2 aromatic carbocycles. The van der Waals surface area contributed by atoms with Crippen LogP contribution in [0.3, 0.4) is 0 Å². The molecule has 2 aromatic rings. The van der Waals surface area contributed by atoms with Crippen molar-refractivity contribution in [2.24, 2.45) is 0 Å². The number of benzene rings is 2. The van der Waals surface area contributed by atoms with Crippen molar-refractivity contribution in [1.82, 2.24) is 4.90 Å². The van der Waals surface area contributed by atoms with Gasteiger partial charge in [-0.15, -0.1) is 0 Å². The first kappa shape index (κ1) is 15.7. The van der Waals surface area contributed by atoms with Crippen molar-refractivity contribution >= 4 is 23.3 Å². The van der Waals surface area contributed by atoms with Gasteiger partial charge in [0, 0.05) is 23.8 Å². The number of fused-ring (bicyclic) bond motifs is 1. The molecule has 6 heteroatoms. The van der Waals surface area contributed by atoms with Crippen LogP contribution >= 0.6 is 11.6 Å². The second-order valence-corrected chi connectivity index (χ2v) is 6.00. The zero-order chi connectivity index (χ0) is 16.6. The zero-order valence-corrected chi connectivity index (χ0v) is 13.2. The second kappa shape index (κ2) is 6.16. The van der Waals surface area contributed by atoms with Gasteiger partial charge in [-0.2, -0.15) is 0 Å². The Morgan fingerprint density at radius 1 is 1.22 bits per heavy atom. The highest BCUT2D eigenvalue weighted by atomic mass is 35.5. The van der Waals surface area contributed by atoms with Crippen LogP contribution in [0.5, 0.6) is 0 Å². The van der Waals surface area contributed by atoms with E-state index in [1.54, 1.807) is 18.0 Å². The molecule has 23 heavy (non-hydrogen) atoms. The van der Waals surface area contributed by atoms with Crippen molar-refractivity contribution < 1.29 is 13.6 Å². The Morgan fingerprint density at radius 3 is 2.74 bits per heavy atom. The first-order valence-corrected chi connectivity index (χ1v) is 7.60. The number of hydrogen-bond acceptors (Lipinski definition) is 1. The van der Waals surface area contributed by atoms with Gasteiger partial charge in [-0.3, -0.25) is 0 Å². The van der Waals surface area contributed by atoms with Crippen LogP contribution in [0.2, 0.25) is 5.02 Å². The molecule has 3 nitrogen and oxygen atoms in total. The van der Waals surface area contributed by atoms with Gasteiger partial charge in [-0.25, -0.2) is 13.6 Å². The van der Waals surface area contributed by atoms with Crippen molar-refractivity contribution in [1.29, 1.82) is 0 Å². The molecule has 0 aromatic heterocycles. The Morgan fingerprint density at radius 2 is 2.00 bits per heavy atom. The summed E-state index contributed by atoms with van der Waals surface area (Å²) in [7, 11) is 1.68. The number of nitrogens with zero attached hydrogens (tertiary/aromatic N) is 1. The molecule has 0 fully saturated rings. The zero-order valence-electron chi connectivity index (χ0n) is 12.4. The third kappa shape index (κ3) is 3.15. The van der Waals surface area contributed by atoms with Gasteiger partial charge in [0.2, 0.25) is 0 Å². The van der Waals surface area contributed by atoms with Gasteiger partial charge in [-0.1, -0.05) is 17.7 Å². The van der Waals surface area contributed by atoms with Crippen molar-refractivity contribution in [3.05, 3.63) is 64.2 Å². The Kier molecular flexibility index (Phi) is 4.22. The Hall–Kier alpha value is -2.14. The standard InChI is InChI=1S/C17H15ClF2N2O/c1-22(16-7-2-10-8-11(18)3-5-13(10)16)17(23)21-12-4-6-14(19)15(20)9-12/h3-6,8-9,16H,2,7H2,1H3,(H,21,23). The number of rotatable bonds is 2. The van der Waals surface area contributed by atoms with Crippen LogP contribution in [0.4, 0.5) is 19.3 Å². The van der Waals surface area contributed by atoms with Gasteiger partial charge in [0.05, 0.1) is 6.04 Å². The summed E-state index contributed by atoms with van der Waals surface area (Å²) in [5.41, 5.74) is 2.42. The van der Waals surface area contributed by atoms with E-state index in [2.05, 4.69) is 5.32 Å². The fraction of sp³-hybridized carbons (Fsp3) is 0.235. The molecular weight excluding hydrogens is 322 g/mol. The van der Waals surface area contributed by atoms with Gasteiger partial charge in [0.25, 0.3) is 0 Å².